The van der Waals surface area contributed by atoms with Crippen molar-refractivity contribution in [1.29, 1.82) is 0 Å². The number of para-hydroxylation sites is 1. The minimum absolute atomic E-state index is 0.163. The Labute approximate surface area is 169 Å². The summed E-state index contributed by atoms with van der Waals surface area (Å²) in [4.78, 5) is 22.4. The highest BCUT2D eigenvalue weighted by atomic mass is 79.9. The second-order valence-corrected chi connectivity index (χ2v) is 7.10. The molecular weight excluding hydrogens is 428 g/mol. The average molecular weight is 447 g/mol. The van der Waals surface area contributed by atoms with Gasteiger partial charge in [0.1, 0.15) is 4.47 Å². The minimum atomic E-state index is -0.573. The van der Waals surface area contributed by atoms with Gasteiger partial charge in [-0.1, -0.05) is 18.2 Å². The average Bonchev–Trinajstić information content (AvgIpc) is 3.18. The van der Waals surface area contributed by atoms with Crippen LogP contribution in [0.5, 0.6) is 0 Å². The molecular formula is C18H19BrN6O3. The normalized spacial score (nSPS) is 10.8. The molecule has 0 aliphatic rings. The van der Waals surface area contributed by atoms with Gasteiger partial charge in [0.25, 0.3) is 0 Å². The number of carbonyl (C=O) groups excluding carboxylic acids is 1. The molecule has 2 heterocycles. The second-order valence-electron chi connectivity index (χ2n) is 6.24. The maximum absolute atomic E-state index is 12.2. The van der Waals surface area contributed by atoms with Gasteiger partial charge in [-0.2, -0.15) is 9.78 Å². The largest absolute Gasteiger partial charge is 0.404 e. The van der Waals surface area contributed by atoms with Gasteiger partial charge in [-0.3, -0.25) is 4.79 Å². The zero-order valence-electron chi connectivity index (χ0n) is 15.4. The summed E-state index contributed by atoms with van der Waals surface area (Å²) in [7, 11) is 0. The molecule has 0 bridgehead atoms. The number of rotatable bonds is 7. The summed E-state index contributed by atoms with van der Waals surface area (Å²) in [5, 5.41) is 22.1. The van der Waals surface area contributed by atoms with Gasteiger partial charge in [-0.15, -0.1) is 0 Å². The highest BCUT2D eigenvalue weighted by Gasteiger charge is 2.19. The Morgan fingerprint density at radius 2 is 1.96 bits per heavy atom. The summed E-state index contributed by atoms with van der Waals surface area (Å²) < 4.78 is 3.53. The Bertz CT molecular complexity index is 1010. The van der Waals surface area contributed by atoms with Gasteiger partial charge in [-0.05, 0) is 46.8 Å². The molecule has 0 saturated carbocycles. The first-order valence-electron chi connectivity index (χ1n) is 8.61. The van der Waals surface area contributed by atoms with Crippen LogP contribution in [0.15, 0.2) is 41.0 Å². The topological polar surface area (TPSA) is 108 Å². The molecule has 9 nitrogen and oxygen atoms in total. The zero-order chi connectivity index (χ0) is 20.3. The summed E-state index contributed by atoms with van der Waals surface area (Å²) in [6.45, 7) is 4.50. The quantitative estimate of drug-likeness (QED) is 0.443. The Morgan fingerprint density at radius 3 is 2.61 bits per heavy atom. The molecule has 0 unspecified atom stereocenters. The first-order chi connectivity index (χ1) is 13.4. The number of aryl methyl sites for hydroxylation is 2. The molecule has 0 fully saturated rings. The van der Waals surface area contributed by atoms with E-state index in [9.17, 15) is 14.9 Å². The summed E-state index contributed by atoms with van der Waals surface area (Å²) in [6, 6.07) is 9.80. The van der Waals surface area contributed by atoms with Crippen LogP contribution in [0.3, 0.4) is 0 Å². The zero-order valence-corrected chi connectivity index (χ0v) is 17.0. The Morgan fingerprint density at radius 1 is 1.25 bits per heavy atom. The Kier molecular flexibility index (Phi) is 5.88. The maximum atomic E-state index is 12.2. The number of aromatic nitrogens is 4. The number of carbonyl (C=O) groups is 1. The van der Waals surface area contributed by atoms with Crippen LogP contribution >= 0.6 is 15.9 Å². The molecule has 2 aromatic heterocycles. The van der Waals surface area contributed by atoms with Gasteiger partial charge in [0, 0.05) is 24.2 Å². The molecule has 146 valence electrons. The fourth-order valence-electron chi connectivity index (χ4n) is 2.87. The molecule has 10 heteroatoms. The Hall–Kier alpha value is -3.01. The highest BCUT2D eigenvalue weighted by molar-refractivity contribution is 9.10. The van der Waals surface area contributed by atoms with Crippen molar-refractivity contribution in [1.82, 2.24) is 24.9 Å². The van der Waals surface area contributed by atoms with E-state index < -0.39 is 4.92 Å². The summed E-state index contributed by atoms with van der Waals surface area (Å²) in [5.41, 5.74) is 3.75. The molecule has 28 heavy (non-hydrogen) atoms. The van der Waals surface area contributed by atoms with Gasteiger partial charge in [-0.25, -0.2) is 4.68 Å². The van der Waals surface area contributed by atoms with Crippen LogP contribution in [0.2, 0.25) is 0 Å². The number of nitrogens with one attached hydrogen (secondary N) is 1. The van der Waals surface area contributed by atoms with Crippen molar-refractivity contribution in [2.45, 2.75) is 33.4 Å². The van der Waals surface area contributed by atoms with Crippen LogP contribution in [-0.2, 0) is 17.9 Å². The molecule has 0 aliphatic carbocycles. The number of nitro groups is 1. The van der Waals surface area contributed by atoms with Crippen molar-refractivity contribution >= 4 is 27.7 Å². The molecule has 0 saturated heterocycles. The predicted octanol–water partition coefficient (Wildman–Crippen LogP) is 3.06. The third kappa shape index (κ3) is 4.28. The van der Waals surface area contributed by atoms with E-state index in [0.717, 1.165) is 22.6 Å². The van der Waals surface area contributed by atoms with E-state index in [2.05, 4.69) is 31.4 Å². The van der Waals surface area contributed by atoms with Crippen LogP contribution in [0.1, 0.15) is 23.4 Å². The van der Waals surface area contributed by atoms with Gasteiger partial charge in [0.15, 0.2) is 0 Å². The first-order valence-corrected chi connectivity index (χ1v) is 9.40. The SMILES string of the molecule is Cc1nn(-c2ccccc2)c(C)c1CNC(=O)CCn1cc(Br)c([N+](=O)[O-])n1. The van der Waals surface area contributed by atoms with Gasteiger partial charge < -0.3 is 15.4 Å². The van der Waals surface area contributed by atoms with E-state index in [0.29, 0.717) is 6.54 Å². The van der Waals surface area contributed by atoms with E-state index in [4.69, 9.17) is 0 Å². The van der Waals surface area contributed by atoms with E-state index in [1.54, 1.807) is 0 Å². The molecule has 3 rings (SSSR count). The van der Waals surface area contributed by atoms with Crippen molar-refractivity contribution in [3.05, 3.63) is 68.1 Å². The van der Waals surface area contributed by atoms with Crippen LogP contribution < -0.4 is 5.32 Å². The minimum Gasteiger partial charge on any atom is -0.358 e. The van der Waals surface area contributed by atoms with Crippen molar-refractivity contribution in [3.8, 4) is 5.69 Å². The van der Waals surface area contributed by atoms with Crippen molar-refractivity contribution < 1.29 is 9.72 Å². The number of hydrogen-bond donors (Lipinski definition) is 1. The standard InChI is InChI=1S/C18H19BrN6O3/c1-12-15(13(2)24(21-12)14-6-4-3-5-7-14)10-20-17(26)8-9-23-11-16(19)18(22-23)25(27)28/h3-7,11H,8-10H2,1-2H3,(H,20,26). The first kappa shape index (κ1) is 19.7. The lowest BCUT2D eigenvalue weighted by Gasteiger charge is -2.07. The lowest BCUT2D eigenvalue weighted by Crippen LogP contribution is -2.24. The van der Waals surface area contributed by atoms with Crippen LogP contribution in [0.25, 0.3) is 5.69 Å². The van der Waals surface area contributed by atoms with Gasteiger partial charge >= 0.3 is 5.82 Å². The molecule has 0 radical (unpaired) electrons. The molecule has 1 amide bonds. The summed E-state index contributed by atoms with van der Waals surface area (Å²) in [5.74, 6) is -0.430. The predicted molar refractivity (Wildman–Crippen MR) is 106 cm³/mol. The third-order valence-electron chi connectivity index (χ3n) is 4.34. The fourth-order valence-corrected chi connectivity index (χ4v) is 3.33. The molecule has 0 atom stereocenters. The molecule has 1 aromatic carbocycles. The van der Waals surface area contributed by atoms with E-state index in [1.807, 2.05) is 48.9 Å². The second kappa shape index (κ2) is 8.34. The van der Waals surface area contributed by atoms with Gasteiger partial charge in [0.05, 0.1) is 29.2 Å². The van der Waals surface area contributed by atoms with E-state index in [1.165, 1.54) is 10.9 Å². The van der Waals surface area contributed by atoms with E-state index >= 15 is 0 Å². The lowest BCUT2D eigenvalue weighted by molar-refractivity contribution is -0.390. The number of nitrogens with zero attached hydrogens (tertiary/aromatic N) is 5. The van der Waals surface area contributed by atoms with Crippen molar-refractivity contribution in [3.63, 3.8) is 0 Å². The van der Waals surface area contributed by atoms with Crippen molar-refractivity contribution in [2.24, 2.45) is 0 Å². The molecule has 3 aromatic rings. The Balaban J connectivity index is 1.60. The lowest BCUT2D eigenvalue weighted by atomic mass is 10.2. The highest BCUT2D eigenvalue weighted by Crippen LogP contribution is 2.22. The van der Waals surface area contributed by atoms with Gasteiger partial charge in [0.2, 0.25) is 5.91 Å². The number of halogens is 1. The summed E-state index contributed by atoms with van der Waals surface area (Å²) in [6.07, 6.45) is 1.65. The monoisotopic (exact) mass is 446 g/mol. The molecule has 1 N–H and O–H groups in total. The molecule has 0 aliphatic heterocycles. The number of benzene rings is 1. The maximum Gasteiger partial charge on any atom is 0.404 e. The van der Waals surface area contributed by atoms with Crippen molar-refractivity contribution in [2.75, 3.05) is 0 Å². The fraction of sp³-hybridized carbons (Fsp3) is 0.278. The smallest absolute Gasteiger partial charge is 0.358 e. The van der Waals surface area contributed by atoms with Crippen LogP contribution in [-0.4, -0.2) is 30.4 Å². The number of hydrogen-bond acceptors (Lipinski definition) is 5. The molecule has 0 spiro atoms. The van der Waals surface area contributed by atoms with Crippen LogP contribution in [0.4, 0.5) is 5.82 Å². The van der Waals surface area contributed by atoms with Crippen LogP contribution in [0, 0.1) is 24.0 Å². The third-order valence-corrected chi connectivity index (χ3v) is 4.90. The number of amides is 1. The summed E-state index contributed by atoms with van der Waals surface area (Å²) >= 11 is 3.09. The van der Waals surface area contributed by atoms with E-state index in [-0.39, 0.29) is 29.2 Å².